The highest BCUT2D eigenvalue weighted by Gasteiger charge is 2.23. The summed E-state index contributed by atoms with van der Waals surface area (Å²) in [7, 11) is 1.80. The van der Waals surface area contributed by atoms with Gasteiger partial charge in [-0.25, -0.2) is 4.79 Å². The van der Waals surface area contributed by atoms with Crippen LogP contribution in [-0.2, 0) is 0 Å². The summed E-state index contributed by atoms with van der Waals surface area (Å²) in [6, 6.07) is 0.304. The fourth-order valence-corrected chi connectivity index (χ4v) is 1.75. The number of hydrogen-bond acceptors (Lipinski definition) is 2. The fourth-order valence-electron chi connectivity index (χ4n) is 1.75. The van der Waals surface area contributed by atoms with Crippen LogP contribution in [0.3, 0.4) is 0 Å². The molecule has 2 amide bonds. The number of amides is 2. The maximum absolute atomic E-state index is 11.5. The number of carbonyl (C=O) groups is 1. The first-order chi connectivity index (χ1) is 6.65. The molecule has 0 aromatic carbocycles. The molecule has 14 heavy (non-hydrogen) atoms. The van der Waals surface area contributed by atoms with Crippen molar-refractivity contribution in [1.82, 2.24) is 10.2 Å². The van der Waals surface area contributed by atoms with Crippen LogP contribution in [0, 0.1) is 0 Å². The maximum atomic E-state index is 11.5. The van der Waals surface area contributed by atoms with Crippen LogP contribution in [0.5, 0.6) is 0 Å². The van der Waals surface area contributed by atoms with Gasteiger partial charge in [-0.1, -0.05) is 12.8 Å². The van der Waals surface area contributed by atoms with Crippen molar-refractivity contribution in [3.05, 3.63) is 0 Å². The van der Waals surface area contributed by atoms with Gasteiger partial charge in [0, 0.05) is 25.7 Å². The molecule has 82 valence electrons. The quantitative estimate of drug-likeness (QED) is 0.694. The molecular formula is C10H21N3O. The summed E-state index contributed by atoms with van der Waals surface area (Å²) in [5.74, 6) is 0. The van der Waals surface area contributed by atoms with E-state index in [1.807, 2.05) is 6.92 Å². The van der Waals surface area contributed by atoms with Crippen molar-refractivity contribution in [1.29, 1.82) is 0 Å². The van der Waals surface area contributed by atoms with Crippen LogP contribution < -0.4 is 11.1 Å². The molecular weight excluding hydrogens is 178 g/mol. The van der Waals surface area contributed by atoms with Crippen molar-refractivity contribution in [3.8, 4) is 0 Å². The van der Waals surface area contributed by atoms with E-state index in [1.165, 1.54) is 12.8 Å². The highest BCUT2D eigenvalue weighted by atomic mass is 16.2. The van der Waals surface area contributed by atoms with E-state index in [4.69, 9.17) is 5.73 Å². The number of hydrogen-bond donors (Lipinski definition) is 2. The van der Waals surface area contributed by atoms with Gasteiger partial charge in [0.2, 0.25) is 0 Å². The number of nitrogens with one attached hydrogen (secondary N) is 1. The van der Waals surface area contributed by atoms with Crippen molar-refractivity contribution in [3.63, 3.8) is 0 Å². The van der Waals surface area contributed by atoms with Crippen LogP contribution in [0.4, 0.5) is 4.79 Å². The molecule has 1 aliphatic carbocycles. The topological polar surface area (TPSA) is 58.4 Å². The lowest BCUT2D eigenvalue weighted by atomic mass is 9.91. The number of carbonyl (C=O) groups excluding carboxylic acids is 1. The molecule has 4 nitrogen and oxygen atoms in total. The first-order valence-electron chi connectivity index (χ1n) is 5.42. The number of nitrogens with two attached hydrogens (primary N) is 1. The summed E-state index contributed by atoms with van der Waals surface area (Å²) in [5.41, 5.74) is 5.94. The predicted molar refractivity (Wildman–Crippen MR) is 57.1 cm³/mol. The average Bonchev–Trinajstić information content (AvgIpc) is 2.20. The van der Waals surface area contributed by atoms with E-state index in [2.05, 4.69) is 5.32 Å². The van der Waals surface area contributed by atoms with Crippen molar-refractivity contribution >= 4 is 6.03 Å². The lowest BCUT2D eigenvalue weighted by Gasteiger charge is -2.30. The van der Waals surface area contributed by atoms with Crippen LogP contribution >= 0.6 is 0 Å². The van der Waals surface area contributed by atoms with Crippen LogP contribution in [-0.4, -0.2) is 36.6 Å². The summed E-state index contributed by atoms with van der Waals surface area (Å²) in [5, 5.41) is 2.98. The van der Waals surface area contributed by atoms with Gasteiger partial charge in [-0.3, -0.25) is 0 Å². The zero-order valence-electron chi connectivity index (χ0n) is 9.12. The van der Waals surface area contributed by atoms with Crippen LogP contribution in [0.2, 0.25) is 0 Å². The number of urea groups is 1. The minimum atomic E-state index is -0.00477. The van der Waals surface area contributed by atoms with E-state index in [1.54, 1.807) is 11.9 Å². The Labute approximate surface area is 85.8 Å². The summed E-state index contributed by atoms with van der Waals surface area (Å²) in [6.07, 6.45) is 4.41. The van der Waals surface area contributed by atoms with Crippen LogP contribution in [0.15, 0.2) is 0 Å². The third kappa shape index (κ3) is 2.87. The minimum absolute atomic E-state index is 0.00477. The summed E-state index contributed by atoms with van der Waals surface area (Å²) >= 11 is 0. The van der Waals surface area contributed by atoms with Gasteiger partial charge in [0.15, 0.2) is 0 Å². The van der Waals surface area contributed by atoms with Gasteiger partial charge in [0.25, 0.3) is 0 Å². The largest absolute Gasteiger partial charge is 0.334 e. The maximum Gasteiger partial charge on any atom is 0.317 e. The highest BCUT2D eigenvalue weighted by molar-refractivity contribution is 5.74. The standard InChI is InChI=1S/C10H21N3O/c1-3-13(2)10(14)12-9-7-5-4-6-8(9)11/h8-9H,3-7,11H2,1-2H3,(H,12,14). The van der Waals surface area contributed by atoms with Crippen molar-refractivity contribution < 1.29 is 4.79 Å². The van der Waals surface area contributed by atoms with Crippen molar-refractivity contribution in [2.24, 2.45) is 5.73 Å². The van der Waals surface area contributed by atoms with Crippen LogP contribution in [0.25, 0.3) is 0 Å². The van der Waals surface area contributed by atoms with Crippen molar-refractivity contribution in [2.75, 3.05) is 13.6 Å². The smallest absolute Gasteiger partial charge is 0.317 e. The van der Waals surface area contributed by atoms with E-state index in [-0.39, 0.29) is 18.1 Å². The molecule has 4 heteroatoms. The first-order valence-corrected chi connectivity index (χ1v) is 5.42. The normalized spacial score (nSPS) is 27.1. The molecule has 0 bridgehead atoms. The second-order valence-corrected chi connectivity index (χ2v) is 4.02. The van der Waals surface area contributed by atoms with Gasteiger partial charge in [-0.05, 0) is 19.8 Å². The SMILES string of the molecule is CCN(C)C(=O)NC1CCCCC1N. The molecule has 0 saturated heterocycles. The molecule has 1 rings (SSSR count). The number of nitrogens with zero attached hydrogens (tertiary/aromatic N) is 1. The van der Waals surface area contributed by atoms with E-state index < -0.39 is 0 Å². The molecule has 1 saturated carbocycles. The fraction of sp³-hybridized carbons (Fsp3) is 0.900. The molecule has 2 atom stereocenters. The summed E-state index contributed by atoms with van der Waals surface area (Å²) < 4.78 is 0. The van der Waals surface area contributed by atoms with E-state index in [9.17, 15) is 4.79 Å². The van der Waals surface area contributed by atoms with Crippen molar-refractivity contribution in [2.45, 2.75) is 44.7 Å². The average molecular weight is 199 g/mol. The molecule has 1 fully saturated rings. The molecule has 1 aliphatic rings. The summed E-state index contributed by atoms with van der Waals surface area (Å²) in [6.45, 7) is 2.69. The molecule has 0 heterocycles. The van der Waals surface area contributed by atoms with Crippen LogP contribution in [0.1, 0.15) is 32.6 Å². The minimum Gasteiger partial charge on any atom is -0.334 e. The lowest BCUT2D eigenvalue weighted by molar-refractivity contribution is 0.199. The zero-order valence-corrected chi connectivity index (χ0v) is 9.12. The Hall–Kier alpha value is -0.770. The van der Waals surface area contributed by atoms with Gasteiger partial charge in [-0.15, -0.1) is 0 Å². The number of rotatable bonds is 2. The first kappa shape index (κ1) is 11.3. The molecule has 2 unspecified atom stereocenters. The molecule has 0 radical (unpaired) electrons. The summed E-state index contributed by atoms with van der Waals surface area (Å²) in [4.78, 5) is 13.2. The Morgan fingerprint density at radius 2 is 2.14 bits per heavy atom. The molecule has 0 aromatic rings. The molecule has 0 spiro atoms. The van der Waals surface area contributed by atoms with E-state index in [0.717, 1.165) is 19.4 Å². The predicted octanol–water partition coefficient (Wildman–Crippen LogP) is 0.918. The van der Waals surface area contributed by atoms with E-state index in [0.29, 0.717) is 0 Å². The third-order valence-corrected chi connectivity index (χ3v) is 2.95. The van der Waals surface area contributed by atoms with Gasteiger partial charge in [-0.2, -0.15) is 0 Å². The Kier molecular flexibility index (Phi) is 4.20. The van der Waals surface area contributed by atoms with E-state index >= 15 is 0 Å². The Morgan fingerprint density at radius 1 is 1.50 bits per heavy atom. The highest BCUT2D eigenvalue weighted by Crippen LogP contribution is 2.16. The Morgan fingerprint density at radius 3 is 2.71 bits per heavy atom. The molecule has 3 N–H and O–H groups in total. The second kappa shape index (κ2) is 5.20. The van der Waals surface area contributed by atoms with Gasteiger partial charge in [0.1, 0.15) is 0 Å². The molecule has 0 aromatic heterocycles. The second-order valence-electron chi connectivity index (χ2n) is 4.02. The van der Waals surface area contributed by atoms with Gasteiger partial charge in [0.05, 0.1) is 0 Å². The Balaban J connectivity index is 2.38. The molecule has 0 aliphatic heterocycles. The third-order valence-electron chi connectivity index (χ3n) is 2.95. The Bertz CT molecular complexity index is 196. The lowest BCUT2D eigenvalue weighted by Crippen LogP contribution is -2.52. The zero-order chi connectivity index (χ0) is 10.6. The van der Waals surface area contributed by atoms with Gasteiger partial charge < -0.3 is 16.0 Å². The van der Waals surface area contributed by atoms with Gasteiger partial charge >= 0.3 is 6.03 Å². The monoisotopic (exact) mass is 199 g/mol.